The molecular formula is C15H29N5O. The molecule has 0 bridgehead atoms. The van der Waals surface area contributed by atoms with Gasteiger partial charge in [-0.05, 0) is 20.0 Å². The molecule has 120 valence electrons. The van der Waals surface area contributed by atoms with Gasteiger partial charge in [0.1, 0.15) is 6.04 Å². The molecule has 21 heavy (non-hydrogen) atoms. The standard InChI is InChI=1S/C15H29N5O/c1-6-11(7-2)13(19(3)4)9-17-15(21)14(16)12-8-18-20(5)10-12/h8,10-11,13-14H,6-7,9,16H2,1-5H3,(H,17,21). The van der Waals surface area contributed by atoms with E-state index in [2.05, 4.69) is 43.3 Å². The van der Waals surface area contributed by atoms with Crippen LogP contribution in [0.5, 0.6) is 0 Å². The van der Waals surface area contributed by atoms with Gasteiger partial charge in [-0.3, -0.25) is 9.48 Å². The highest BCUT2D eigenvalue weighted by molar-refractivity contribution is 5.82. The van der Waals surface area contributed by atoms with Gasteiger partial charge in [0, 0.05) is 31.4 Å². The molecule has 0 aromatic carbocycles. The Labute approximate surface area is 127 Å². The molecule has 2 unspecified atom stereocenters. The number of rotatable bonds is 8. The highest BCUT2D eigenvalue weighted by atomic mass is 16.2. The molecule has 0 saturated heterocycles. The van der Waals surface area contributed by atoms with Crippen molar-refractivity contribution in [1.82, 2.24) is 20.0 Å². The van der Waals surface area contributed by atoms with Crippen LogP contribution in [0.3, 0.4) is 0 Å². The van der Waals surface area contributed by atoms with Gasteiger partial charge >= 0.3 is 0 Å². The molecule has 6 heteroatoms. The Bertz CT molecular complexity index is 439. The number of hydrogen-bond acceptors (Lipinski definition) is 4. The van der Waals surface area contributed by atoms with Crippen LogP contribution in [0.15, 0.2) is 12.4 Å². The van der Waals surface area contributed by atoms with Crippen LogP contribution in [0.25, 0.3) is 0 Å². The number of carbonyl (C=O) groups is 1. The quantitative estimate of drug-likeness (QED) is 0.747. The summed E-state index contributed by atoms with van der Waals surface area (Å²) in [5, 5.41) is 7.02. The Balaban J connectivity index is 2.61. The van der Waals surface area contributed by atoms with Gasteiger partial charge in [-0.25, -0.2) is 0 Å². The third-order valence-corrected chi connectivity index (χ3v) is 4.11. The largest absolute Gasteiger partial charge is 0.353 e. The van der Waals surface area contributed by atoms with Gasteiger partial charge in [0.2, 0.25) is 5.91 Å². The first-order valence-electron chi connectivity index (χ1n) is 7.58. The number of aromatic nitrogens is 2. The van der Waals surface area contributed by atoms with E-state index < -0.39 is 6.04 Å². The summed E-state index contributed by atoms with van der Waals surface area (Å²) in [5.74, 6) is 0.413. The summed E-state index contributed by atoms with van der Waals surface area (Å²) in [5.41, 5.74) is 6.71. The summed E-state index contributed by atoms with van der Waals surface area (Å²) < 4.78 is 1.65. The molecule has 1 rings (SSSR count). The Morgan fingerprint density at radius 2 is 2.05 bits per heavy atom. The van der Waals surface area contributed by atoms with Crippen molar-refractivity contribution in [1.29, 1.82) is 0 Å². The lowest BCUT2D eigenvalue weighted by Crippen LogP contribution is -2.46. The van der Waals surface area contributed by atoms with E-state index in [4.69, 9.17) is 5.73 Å². The molecule has 1 aromatic rings. The zero-order valence-electron chi connectivity index (χ0n) is 13.8. The smallest absolute Gasteiger partial charge is 0.241 e. The summed E-state index contributed by atoms with van der Waals surface area (Å²) in [4.78, 5) is 14.4. The Kier molecular flexibility index (Phi) is 6.84. The van der Waals surface area contributed by atoms with Gasteiger partial charge in [0.25, 0.3) is 0 Å². The fraction of sp³-hybridized carbons (Fsp3) is 0.733. The molecule has 1 heterocycles. The minimum absolute atomic E-state index is 0.152. The monoisotopic (exact) mass is 295 g/mol. The van der Waals surface area contributed by atoms with E-state index in [9.17, 15) is 4.79 Å². The van der Waals surface area contributed by atoms with Gasteiger partial charge in [-0.2, -0.15) is 5.10 Å². The predicted molar refractivity (Wildman–Crippen MR) is 84.7 cm³/mol. The third kappa shape index (κ3) is 4.82. The summed E-state index contributed by atoms with van der Waals surface area (Å²) >= 11 is 0. The zero-order chi connectivity index (χ0) is 16.0. The van der Waals surface area contributed by atoms with Crippen LogP contribution in [0.4, 0.5) is 0 Å². The van der Waals surface area contributed by atoms with E-state index in [0.29, 0.717) is 18.5 Å². The minimum atomic E-state index is -0.664. The maximum atomic E-state index is 12.2. The summed E-state index contributed by atoms with van der Waals surface area (Å²) in [6, 6.07) is -0.340. The van der Waals surface area contributed by atoms with Crippen molar-refractivity contribution in [3.63, 3.8) is 0 Å². The maximum absolute atomic E-state index is 12.2. The first-order chi connectivity index (χ1) is 9.90. The second-order valence-corrected chi connectivity index (χ2v) is 5.78. The van der Waals surface area contributed by atoms with Gasteiger partial charge in [-0.15, -0.1) is 0 Å². The molecule has 0 aliphatic rings. The van der Waals surface area contributed by atoms with Gasteiger partial charge in [0.05, 0.1) is 6.20 Å². The predicted octanol–water partition coefficient (Wildman–Crippen LogP) is 0.903. The van der Waals surface area contributed by atoms with Crippen molar-refractivity contribution in [2.75, 3.05) is 20.6 Å². The van der Waals surface area contributed by atoms with E-state index in [1.54, 1.807) is 17.1 Å². The van der Waals surface area contributed by atoms with Gasteiger partial charge in [0.15, 0.2) is 0 Å². The number of carbonyl (C=O) groups excluding carboxylic acids is 1. The lowest BCUT2D eigenvalue weighted by atomic mass is 9.93. The number of hydrogen-bond donors (Lipinski definition) is 2. The fourth-order valence-corrected chi connectivity index (χ4v) is 2.67. The number of nitrogens with two attached hydrogens (primary N) is 1. The Morgan fingerprint density at radius 1 is 1.43 bits per heavy atom. The molecule has 3 N–H and O–H groups in total. The molecule has 1 aromatic heterocycles. The van der Waals surface area contributed by atoms with Crippen LogP contribution in [0.1, 0.15) is 38.3 Å². The summed E-state index contributed by atoms with van der Waals surface area (Å²) in [7, 11) is 5.91. The van der Waals surface area contributed by atoms with Crippen LogP contribution in [-0.4, -0.2) is 47.3 Å². The number of likely N-dealkylation sites (N-methyl/N-ethyl adjacent to an activating group) is 1. The molecule has 0 aliphatic carbocycles. The SMILES string of the molecule is CCC(CC)C(CNC(=O)C(N)c1cnn(C)c1)N(C)C. The lowest BCUT2D eigenvalue weighted by molar-refractivity contribution is -0.122. The van der Waals surface area contributed by atoms with Crippen LogP contribution in [0, 0.1) is 5.92 Å². The molecule has 0 radical (unpaired) electrons. The second-order valence-electron chi connectivity index (χ2n) is 5.78. The van der Waals surface area contributed by atoms with E-state index in [1.807, 2.05) is 7.05 Å². The highest BCUT2D eigenvalue weighted by Crippen LogP contribution is 2.16. The van der Waals surface area contributed by atoms with Crippen molar-refractivity contribution < 1.29 is 4.79 Å². The molecule has 0 saturated carbocycles. The highest BCUT2D eigenvalue weighted by Gasteiger charge is 2.23. The van der Waals surface area contributed by atoms with Crippen LogP contribution in [-0.2, 0) is 11.8 Å². The van der Waals surface area contributed by atoms with Crippen LogP contribution >= 0.6 is 0 Å². The third-order valence-electron chi connectivity index (χ3n) is 4.11. The minimum Gasteiger partial charge on any atom is -0.353 e. The van der Waals surface area contributed by atoms with Gasteiger partial charge in [-0.1, -0.05) is 26.7 Å². The Hall–Kier alpha value is -1.40. The average molecular weight is 295 g/mol. The molecule has 0 fully saturated rings. The van der Waals surface area contributed by atoms with E-state index >= 15 is 0 Å². The zero-order valence-corrected chi connectivity index (χ0v) is 13.8. The molecule has 0 aliphatic heterocycles. The number of nitrogens with one attached hydrogen (secondary N) is 1. The molecule has 2 atom stereocenters. The van der Waals surface area contributed by atoms with Gasteiger partial charge < -0.3 is 16.0 Å². The van der Waals surface area contributed by atoms with Crippen molar-refractivity contribution >= 4 is 5.91 Å². The molecule has 6 nitrogen and oxygen atoms in total. The first-order valence-corrected chi connectivity index (χ1v) is 7.58. The van der Waals surface area contributed by atoms with E-state index in [-0.39, 0.29) is 5.91 Å². The number of nitrogens with zero attached hydrogens (tertiary/aromatic N) is 3. The lowest BCUT2D eigenvalue weighted by Gasteiger charge is -2.31. The van der Waals surface area contributed by atoms with Crippen LogP contribution in [0.2, 0.25) is 0 Å². The van der Waals surface area contributed by atoms with Crippen molar-refractivity contribution in [2.45, 2.75) is 38.8 Å². The van der Waals surface area contributed by atoms with E-state index in [0.717, 1.165) is 18.4 Å². The first kappa shape index (κ1) is 17.7. The summed E-state index contributed by atoms with van der Waals surface area (Å²) in [6.45, 7) is 4.99. The van der Waals surface area contributed by atoms with Crippen LogP contribution < -0.4 is 11.1 Å². The van der Waals surface area contributed by atoms with Crippen molar-refractivity contribution in [3.8, 4) is 0 Å². The summed E-state index contributed by atoms with van der Waals surface area (Å²) in [6.07, 6.45) is 5.61. The average Bonchev–Trinajstić information content (AvgIpc) is 2.88. The molecule has 0 spiro atoms. The number of amides is 1. The van der Waals surface area contributed by atoms with Crippen molar-refractivity contribution in [2.24, 2.45) is 18.7 Å². The maximum Gasteiger partial charge on any atom is 0.241 e. The molecule has 1 amide bonds. The second kappa shape index (κ2) is 8.14. The number of aryl methyl sites for hydroxylation is 1. The molecular weight excluding hydrogens is 266 g/mol. The normalized spacial score (nSPS) is 14.5. The van der Waals surface area contributed by atoms with Crippen molar-refractivity contribution in [3.05, 3.63) is 18.0 Å². The Morgan fingerprint density at radius 3 is 2.48 bits per heavy atom. The fourth-order valence-electron chi connectivity index (χ4n) is 2.67. The van der Waals surface area contributed by atoms with E-state index in [1.165, 1.54) is 0 Å². The topological polar surface area (TPSA) is 76.2 Å².